The molecule has 0 bridgehead atoms. The summed E-state index contributed by atoms with van der Waals surface area (Å²) in [6.07, 6.45) is 0. The topological polar surface area (TPSA) is 74.6 Å². The number of carboxylic acid groups (broad SMARTS) is 1. The van der Waals surface area contributed by atoms with Gasteiger partial charge in [-0.3, -0.25) is 9.59 Å². The standard InChI is InChI=1S/C8H14O4/c1-5(9)8(4,12)7(2,3)6(10)11/h12H,1-4H3,(H,10,11). The lowest BCUT2D eigenvalue weighted by molar-refractivity contribution is -0.169. The molecular formula is C8H14O4. The van der Waals surface area contributed by atoms with Crippen molar-refractivity contribution in [2.45, 2.75) is 33.3 Å². The molecule has 0 rings (SSSR count). The van der Waals surface area contributed by atoms with Crippen LogP contribution in [0.25, 0.3) is 0 Å². The summed E-state index contributed by atoms with van der Waals surface area (Å²) in [6, 6.07) is 0. The van der Waals surface area contributed by atoms with Crippen molar-refractivity contribution >= 4 is 11.8 Å². The second-order valence-corrected chi connectivity index (χ2v) is 3.56. The number of aliphatic carboxylic acids is 1. The van der Waals surface area contributed by atoms with Gasteiger partial charge in [-0.15, -0.1) is 0 Å². The summed E-state index contributed by atoms with van der Waals surface area (Å²) in [6.45, 7) is 5.02. The van der Waals surface area contributed by atoms with Gasteiger partial charge in [-0.2, -0.15) is 0 Å². The van der Waals surface area contributed by atoms with Crippen LogP contribution in [0.4, 0.5) is 0 Å². The van der Waals surface area contributed by atoms with Gasteiger partial charge in [0.15, 0.2) is 5.78 Å². The third kappa shape index (κ3) is 1.48. The number of carboxylic acids is 1. The fraction of sp³-hybridized carbons (Fsp3) is 0.750. The van der Waals surface area contributed by atoms with E-state index in [1.807, 2.05) is 0 Å². The maximum absolute atomic E-state index is 10.9. The first kappa shape index (κ1) is 11.1. The second kappa shape index (κ2) is 2.86. The van der Waals surface area contributed by atoms with Gasteiger partial charge in [0, 0.05) is 0 Å². The molecule has 1 atom stereocenters. The van der Waals surface area contributed by atoms with Crippen LogP contribution in [0.5, 0.6) is 0 Å². The van der Waals surface area contributed by atoms with Crippen LogP contribution in [0.3, 0.4) is 0 Å². The molecule has 0 aromatic rings. The number of rotatable bonds is 3. The summed E-state index contributed by atoms with van der Waals surface area (Å²) in [7, 11) is 0. The maximum atomic E-state index is 10.9. The summed E-state index contributed by atoms with van der Waals surface area (Å²) >= 11 is 0. The molecule has 0 aliphatic carbocycles. The minimum Gasteiger partial charge on any atom is -0.481 e. The van der Waals surface area contributed by atoms with E-state index in [2.05, 4.69) is 0 Å². The van der Waals surface area contributed by atoms with Crippen LogP contribution in [0, 0.1) is 5.41 Å². The van der Waals surface area contributed by atoms with Gasteiger partial charge in [-0.05, 0) is 27.7 Å². The Morgan fingerprint density at radius 2 is 1.50 bits per heavy atom. The van der Waals surface area contributed by atoms with Crippen molar-refractivity contribution in [2.24, 2.45) is 5.41 Å². The van der Waals surface area contributed by atoms with Crippen LogP contribution in [0.15, 0.2) is 0 Å². The maximum Gasteiger partial charge on any atom is 0.312 e. The Kier molecular flexibility index (Phi) is 2.65. The van der Waals surface area contributed by atoms with E-state index in [4.69, 9.17) is 5.11 Å². The molecule has 0 saturated carbocycles. The van der Waals surface area contributed by atoms with Gasteiger partial charge in [-0.25, -0.2) is 0 Å². The van der Waals surface area contributed by atoms with Crippen LogP contribution in [-0.4, -0.2) is 27.6 Å². The molecule has 0 saturated heterocycles. The van der Waals surface area contributed by atoms with Crippen LogP contribution in [-0.2, 0) is 9.59 Å². The minimum absolute atomic E-state index is 0.546. The first-order valence-corrected chi connectivity index (χ1v) is 3.61. The molecule has 12 heavy (non-hydrogen) atoms. The largest absolute Gasteiger partial charge is 0.481 e. The minimum atomic E-state index is -1.82. The summed E-state index contributed by atoms with van der Waals surface area (Å²) in [5, 5.41) is 18.3. The Morgan fingerprint density at radius 1 is 1.17 bits per heavy atom. The molecule has 4 heteroatoms. The summed E-state index contributed by atoms with van der Waals surface area (Å²) in [5.74, 6) is -1.74. The van der Waals surface area contributed by atoms with Crippen molar-refractivity contribution in [2.75, 3.05) is 0 Å². The van der Waals surface area contributed by atoms with Crippen molar-refractivity contribution in [1.82, 2.24) is 0 Å². The summed E-state index contributed by atoms with van der Waals surface area (Å²) in [4.78, 5) is 21.6. The Hall–Kier alpha value is -0.900. The van der Waals surface area contributed by atoms with Crippen LogP contribution >= 0.6 is 0 Å². The number of carbonyl (C=O) groups excluding carboxylic acids is 1. The first-order chi connectivity index (χ1) is 5.14. The van der Waals surface area contributed by atoms with Gasteiger partial charge in [0.2, 0.25) is 0 Å². The molecule has 4 nitrogen and oxygen atoms in total. The van der Waals surface area contributed by atoms with Crippen molar-refractivity contribution in [1.29, 1.82) is 0 Å². The van der Waals surface area contributed by atoms with E-state index in [1.54, 1.807) is 0 Å². The van der Waals surface area contributed by atoms with E-state index >= 15 is 0 Å². The second-order valence-electron chi connectivity index (χ2n) is 3.56. The van der Waals surface area contributed by atoms with E-state index in [-0.39, 0.29) is 0 Å². The molecule has 0 aliphatic heterocycles. The summed E-state index contributed by atoms with van der Waals surface area (Å²) in [5.41, 5.74) is -3.28. The molecule has 70 valence electrons. The quantitative estimate of drug-likeness (QED) is 0.651. The number of Topliss-reactive ketones (excluding diaryl/α,β-unsaturated/α-hetero) is 1. The molecular weight excluding hydrogens is 160 g/mol. The number of aliphatic hydroxyl groups is 1. The molecule has 0 aliphatic rings. The normalized spacial score (nSPS) is 16.8. The Bertz CT molecular complexity index is 191. The van der Waals surface area contributed by atoms with E-state index in [9.17, 15) is 14.7 Å². The Balaban J connectivity index is 5.01. The predicted molar refractivity (Wildman–Crippen MR) is 42.7 cm³/mol. The van der Waals surface area contributed by atoms with Gasteiger partial charge in [0.05, 0.1) is 5.41 Å². The highest BCUT2D eigenvalue weighted by Crippen LogP contribution is 2.31. The third-order valence-electron chi connectivity index (χ3n) is 2.44. The van der Waals surface area contributed by atoms with Gasteiger partial charge in [-0.1, -0.05) is 0 Å². The van der Waals surface area contributed by atoms with Crippen LogP contribution in [0.1, 0.15) is 27.7 Å². The van der Waals surface area contributed by atoms with Crippen LogP contribution < -0.4 is 0 Å². The molecule has 0 amide bonds. The van der Waals surface area contributed by atoms with Gasteiger partial charge >= 0.3 is 5.97 Å². The fourth-order valence-electron chi connectivity index (χ4n) is 0.648. The van der Waals surface area contributed by atoms with E-state index in [0.29, 0.717) is 0 Å². The number of ketones is 1. The zero-order valence-electron chi connectivity index (χ0n) is 7.71. The van der Waals surface area contributed by atoms with Crippen molar-refractivity contribution < 1.29 is 19.8 Å². The molecule has 0 radical (unpaired) electrons. The van der Waals surface area contributed by atoms with Gasteiger partial charge in [0.1, 0.15) is 5.60 Å². The molecule has 0 aromatic carbocycles. The van der Waals surface area contributed by atoms with Crippen molar-refractivity contribution in [3.8, 4) is 0 Å². The highest BCUT2D eigenvalue weighted by molar-refractivity contribution is 5.91. The van der Waals surface area contributed by atoms with Gasteiger partial charge in [0.25, 0.3) is 0 Å². The average Bonchev–Trinajstić information content (AvgIpc) is 1.86. The molecule has 0 aromatic heterocycles. The van der Waals surface area contributed by atoms with Crippen molar-refractivity contribution in [3.63, 3.8) is 0 Å². The SMILES string of the molecule is CC(=O)C(C)(O)C(C)(C)C(=O)O. The number of hydrogen-bond acceptors (Lipinski definition) is 3. The van der Waals surface area contributed by atoms with Crippen LogP contribution in [0.2, 0.25) is 0 Å². The summed E-state index contributed by atoms with van der Waals surface area (Å²) < 4.78 is 0. The molecule has 1 unspecified atom stereocenters. The lowest BCUT2D eigenvalue weighted by Crippen LogP contribution is -2.52. The molecule has 0 fully saturated rings. The smallest absolute Gasteiger partial charge is 0.312 e. The highest BCUT2D eigenvalue weighted by Gasteiger charge is 2.48. The number of carbonyl (C=O) groups is 2. The average molecular weight is 174 g/mol. The fourth-order valence-corrected chi connectivity index (χ4v) is 0.648. The van der Waals surface area contributed by atoms with Crippen molar-refractivity contribution in [3.05, 3.63) is 0 Å². The zero-order chi connectivity index (χ0) is 10.2. The van der Waals surface area contributed by atoms with Gasteiger partial charge < -0.3 is 10.2 Å². The molecule has 2 N–H and O–H groups in total. The Labute approximate surface area is 71.2 Å². The lowest BCUT2D eigenvalue weighted by Gasteiger charge is -2.33. The third-order valence-corrected chi connectivity index (χ3v) is 2.44. The molecule has 0 heterocycles. The van der Waals surface area contributed by atoms with E-state index in [0.717, 1.165) is 0 Å². The zero-order valence-corrected chi connectivity index (χ0v) is 7.71. The monoisotopic (exact) mass is 174 g/mol. The number of hydrogen-bond donors (Lipinski definition) is 2. The first-order valence-electron chi connectivity index (χ1n) is 3.61. The molecule has 0 spiro atoms. The predicted octanol–water partition coefficient (Wildman–Crippen LogP) is 0.437. The lowest BCUT2D eigenvalue weighted by atomic mass is 9.74. The van der Waals surface area contributed by atoms with E-state index < -0.39 is 22.8 Å². The highest BCUT2D eigenvalue weighted by atomic mass is 16.4. The van der Waals surface area contributed by atoms with E-state index in [1.165, 1.54) is 27.7 Å². The Morgan fingerprint density at radius 3 is 1.58 bits per heavy atom.